The summed E-state index contributed by atoms with van der Waals surface area (Å²) in [6.07, 6.45) is 2.06. The Bertz CT molecular complexity index is 1330. The number of hydrogen-bond acceptors (Lipinski definition) is 5. The summed E-state index contributed by atoms with van der Waals surface area (Å²) in [6, 6.07) is 18.7. The van der Waals surface area contributed by atoms with E-state index in [9.17, 15) is 14.7 Å². The minimum Gasteiger partial charge on any atom is -0.392 e. The summed E-state index contributed by atoms with van der Waals surface area (Å²) in [6.45, 7) is 3.28. The van der Waals surface area contributed by atoms with Gasteiger partial charge >= 0.3 is 0 Å². The van der Waals surface area contributed by atoms with E-state index in [0.29, 0.717) is 23.5 Å². The molecule has 0 unspecified atom stereocenters. The van der Waals surface area contributed by atoms with Crippen LogP contribution in [-0.4, -0.2) is 26.9 Å². The molecule has 0 saturated heterocycles. The van der Waals surface area contributed by atoms with E-state index in [1.165, 1.54) is 13.1 Å². The molecule has 7 nitrogen and oxygen atoms in total. The van der Waals surface area contributed by atoms with E-state index in [0.717, 1.165) is 33.3 Å². The van der Waals surface area contributed by atoms with Gasteiger partial charge in [0.15, 0.2) is 0 Å². The van der Waals surface area contributed by atoms with E-state index in [1.54, 1.807) is 12.1 Å². The van der Waals surface area contributed by atoms with Crippen molar-refractivity contribution in [3.05, 3.63) is 94.8 Å². The SMILES string of the molecule is CC(=O)Nc1ccc(C(=O)Nc2cccc(Cc3cccc4c(CO)cc(C)nc34)c2)cn1. The van der Waals surface area contributed by atoms with Gasteiger partial charge < -0.3 is 15.7 Å². The fraction of sp³-hybridized carbons (Fsp3) is 0.154. The molecule has 7 heteroatoms. The molecule has 0 spiro atoms. The number of carbonyl (C=O) groups excluding carboxylic acids is 2. The lowest BCUT2D eigenvalue weighted by atomic mass is 9.99. The second-order valence-electron chi connectivity index (χ2n) is 7.84. The highest BCUT2D eigenvalue weighted by atomic mass is 16.3. The lowest BCUT2D eigenvalue weighted by Gasteiger charge is -2.11. The molecule has 0 bridgehead atoms. The normalized spacial score (nSPS) is 10.8. The van der Waals surface area contributed by atoms with Crippen LogP contribution in [-0.2, 0) is 17.8 Å². The van der Waals surface area contributed by atoms with Gasteiger partial charge in [0.05, 0.1) is 17.7 Å². The van der Waals surface area contributed by atoms with Gasteiger partial charge in [-0.3, -0.25) is 14.6 Å². The highest BCUT2D eigenvalue weighted by molar-refractivity contribution is 6.04. The van der Waals surface area contributed by atoms with Gasteiger partial charge in [0.1, 0.15) is 5.82 Å². The molecular formula is C26H24N4O3. The molecule has 0 aliphatic rings. The quantitative estimate of drug-likeness (QED) is 0.416. The summed E-state index contributed by atoms with van der Waals surface area (Å²) in [7, 11) is 0. The summed E-state index contributed by atoms with van der Waals surface area (Å²) >= 11 is 0. The Hall–Kier alpha value is -4.10. The van der Waals surface area contributed by atoms with Crippen LogP contribution in [0.3, 0.4) is 0 Å². The summed E-state index contributed by atoms with van der Waals surface area (Å²) in [5, 5.41) is 16.1. The number of fused-ring (bicyclic) bond motifs is 1. The topological polar surface area (TPSA) is 104 Å². The molecule has 166 valence electrons. The van der Waals surface area contributed by atoms with Crippen molar-refractivity contribution >= 4 is 34.2 Å². The zero-order chi connectivity index (χ0) is 23.4. The molecule has 2 amide bonds. The van der Waals surface area contributed by atoms with Gasteiger partial charge in [0, 0.05) is 29.9 Å². The van der Waals surface area contributed by atoms with Crippen LogP contribution >= 0.6 is 0 Å². The van der Waals surface area contributed by atoms with Crippen LogP contribution < -0.4 is 10.6 Å². The van der Waals surface area contributed by atoms with Crippen LogP contribution in [0.5, 0.6) is 0 Å². The number of anilines is 2. The van der Waals surface area contributed by atoms with E-state index in [2.05, 4.69) is 15.6 Å². The Labute approximate surface area is 191 Å². The molecule has 0 saturated carbocycles. The second kappa shape index (κ2) is 9.58. The number of benzene rings is 2. The molecule has 0 fully saturated rings. The summed E-state index contributed by atoms with van der Waals surface area (Å²) in [5.41, 5.74) is 5.72. The summed E-state index contributed by atoms with van der Waals surface area (Å²) < 4.78 is 0. The number of nitrogens with one attached hydrogen (secondary N) is 2. The van der Waals surface area contributed by atoms with Crippen molar-refractivity contribution in [3.63, 3.8) is 0 Å². The maximum absolute atomic E-state index is 12.6. The highest BCUT2D eigenvalue weighted by Gasteiger charge is 2.11. The third-order valence-electron chi connectivity index (χ3n) is 5.22. The third-order valence-corrected chi connectivity index (χ3v) is 5.22. The Morgan fingerprint density at radius 2 is 1.79 bits per heavy atom. The van der Waals surface area contributed by atoms with E-state index in [-0.39, 0.29) is 18.4 Å². The standard InChI is InChI=1S/C26H24N4O3/c1-16-11-21(15-31)23-8-4-6-19(25(23)28-16)12-18-5-3-7-22(13-18)30-26(33)20-9-10-24(27-14-20)29-17(2)32/h3-11,13-14,31H,12,15H2,1-2H3,(H,30,33)(H,27,29,32). The molecule has 33 heavy (non-hydrogen) atoms. The molecule has 0 radical (unpaired) electrons. The Morgan fingerprint density at radius 1 is 0.970 bits per heavy atom. The van der Waals surface area contributed by atoms with Crippen molar-refractivity contribution in [3.8, 4) is 0 Å². The number of nitrogens with zero attached hydrogens (tertiary/aromatic N) is 2. The largest absolute Gasteiger partial charge is 0.392 e. The summed E-state index contributed by atoms with van der Waals surface area (Å²) in [5.74, 6) is -0.117. The van der Waals surface area contributed by atoms with Crippen LogP contribution in [0.15, 0.2) is 66.9 Å². The number of hydrogen-bond donors (Lipinski definition) is 3. The second-order valence-corrected chi connectivity index (χ2v) is 7.84. The molecule has 2 heterocycles. The van der Waals surface area contributed by atoms with Gasteiger partial charge in [0.25, 0.3) is 5.91 Å². The average Bonchev–Trinajstić information content (AvgIpc) is 2.79. The van der Waals surface area contributed by atoms with Crippen LogP contribution in [0.1, 0.15) is 39.7 Å². The summed E-state index contributed by atoms with van der Waals surface area (Å²) in [4.78, 5) is 32.5. The number of aromatic nitrogens is 2. The Balaban J connectivity index is 1.54. The van der Waals surface area contributed by atoms with E-state index >= 15 is 0 Å². The fourth-order valence-corrected chi connectivity index (χ4v) is 3.76. The monoisotopic (exact) mass is 440 g/mol. The molecule has 2 aromatic carbocycles. The van der Waals surface area contributed by atoms with Crippen LogP contribution in [0.25, 0.3) is 10.9 Å². The first-order valence-corrected chi connectivity index (χ1v) is 10.6. The van der Waals surface area contributed by atoms with Gasteiger partial charge in [-0.25, -0.2) is 4.98 Å². The number of aryl methyl sites for hydroxylation is 1. The molecule has 0 aliphatic carbocycles. The van der Waals surface area contributed by atoms with Crippen LogP contribution in [0, 0.1) is 6.92 Å². The van der Waals surface area contributed by atoms with Crippen molar-refractivity contribution < 1.29 is 14.7 Å². The smallest absolute Gasteiger partial charge is 0.257 e. The fourth-order valence-electron chi connectivity index (χ4n) is 3.76. The van der Waals surface area contributed by atoms with Crippen molar-refractivity contribution in [1.29, 1.82) is 0 Å². The third kappa shape index (κ3) is 5.22. The minimum absolute atomic E-state index is 0.0362. The Morgan fingerprint density at radius 3 is 2.52 bits per heavy atom. The molecule has 0 aliphatic heterocycles. The Kier molecular flexibility index (Phi) is 6.42. The number of carbonyl (C=O) groups is 2. The maximum Gasteiger partial charge on any atom is 0.257 e. The van der Waals surface area contributed by atoms with Crippen molar-refractivity contribution in [1.82, 2.24) is 9.97 Å². The van der Waals surface area contributed by atoms with E-state index in [1.807, 2.05) is 55.5 Å². The van der Waals surface area contributed by atoms with E-state index < -0.39 is 0 Å². The van der Waals surface area contributed by atoms with Crippen molar-refractivity contribution in [2.75, 3.05) is 10.6 Å². The van der Waals surface area contributed by atoms with Crippen molar-refractivity contribution in [2.45, 2.75) is 26.9 Å². The number of pyridine rings is 2. The van der Waals surface area contributed by atoms with Gasteiger partial charge in [-0.05, 0) is 60.4 Å². The van der Waals surface area contributed by atoms with E-state index in [4.69, 9.17) is 4.98 Å². The molecule has 3 N–H and O–H groups in total. The predicted molar refractivity (Wildman–Crippen MR) is 128 cm³/mol. The molecule has 4 rings (SSSR count). The molecule has 4 aromatic rings. The lowest BCUT2D eigenvalue weighted by molar-refractivity contribution is -0.114. The van der Waals surface area contributed by atoms with Crippen LogP contribution in [0.4, 0.5) is 11.5 Å². The van der Waals surface area contributed by atoms with Gasteiger partial charge in [-0.1, -0.05) is 30.3 Å². The number of aliphatic hydroxyl groups excluding tert-OH is 1. The number of para-hydroxylation sites is 1. The molecule has 0 atom stereocenters. The first kappa shape index (κ1) is 22.1. The minimum atomic E-state index is -0.288. The lowest BCUT2D eigenvalue weighted by Crippen LogP contribution is -2.13. The number of rotatable bonds is 6. The van der Waals surface area contributed by atoms with Gasteiger partial charge in [-0.2, -0.15) is 0 Å². The molecular weight excluding hydrogens is 416 g/mol. The maximum atomic E-state index is 12.6. The zero-order valence-electron chi connectivity index (χ0n) is 18.4. The first-order chi connectivity index (χ1) is 15.9. The van der Waals surface area contributed by atoms with Gasteiger partial charge in [0.2, 0.25) is 5.91 Å². The average molecular weight is 441 g/mol. The molecule has 2 aromatic heterocycles. The first-order valence-electron chi connectivity index (χ1n) is 10.6. The van der Waals surface area contributed by atoms with Crippen molar-refractivity contribution in [2.24, 2.45) is 0 Å². The number of aliphatic hydroxyl groups is 1. The number of amides is 2. The highest BCUT2D eigenvalue weighted by Crippen LogP contribution is 2.25. The zero-order valence-corrected chi connectivity index (χ0v) is 18.4. The van der Waals surface area contributed by atoms with Gasteiger partial charge in [-0.15, -0.1) is 0 Å². The predicted octanol–water partition coefficient (Wildman–Crippen LogP) is 4.23. The van der Waals surface area contributed by atoms with Crippen LogP contribution in [0.2, 0.25) is 0 Å².